The van der Waals surface area contributed by atoms with Crippen molar-refractivity contribution in [1.29, 1.82) is 0 Å². The third-order valence-corrected chi connectivity index (χ3v) is 2.97. The van der Waals surface area contributed by atoms with Crippen LogP contribution in [-0.2, 0) is 4.79 Å². The van der Waals surface area contributed by atoms with Gasteiger partial charge in [0.1, 0.15) is 6.04 Å². The highest BCUT2D eigenvalue weighted by atomic mass is 19.3. The summed E-state index contributed by atoms with van der Waals surface area (Å²) in [5.74, 6) is -4.97. The highest BCUT2D eigenvalue weighted by molar-refractivity contribution is 5.74. The largest absolute Gasteiger partial charge is 0.480 e. The van der Waals surface area contributed by atoms with Gasteiger partial charge in [-0.3, -0.25) is 4.79 Å². The molecule has 3 fully saturated rings. The maximum absolute atomic E-state index is 13.2. The number of alkyl halides is 2. The molecule has 1 aliphatic carbocycles. The van der Waals surface area contributed by atoms with E-state index in [0.29, 0.717) is 12.8 Å². The summed E-state index contributed by atoms with van der Waals surface area (Å²) in [6.45, 7) is 0. The molecule has 3 atom stereocenters. The van der Waals surface area contributed by atoms with Crippen molar-refractivity contribution in [2.45, 2.75) is 37.3 Å². The molecule has 0 aromatic rings. The molecule has 0 aromatic carbocycles. The molecule has 2 heterocycles. The molecule has 2 saturated heterocycles. The topological polar surface area (TPSA) is 49.3 Å². The first-order valence-electron chi connectivity index (χ1n) is 4.37. The van der Waals surface area contributed by atoms with E-state index in [1.54, 1.807) is 0 Å². The van der Waals surface area contributed by atoms with Crippen LogP contribution in [0.15, 0.2) is 0 Å². The minimum absolute atomic E-state index is 0.207. The van der Waals surface area contributed by atoms with Gasteiger partial charge in [-0.25, -0.2) is 8.78 Å². The summed E-state index contributed by atoms with van der Waals surface area (Å²) >= 11 is 0. The molecule has 5 heteroatoms. The highest BCUT2D eigenvalue weighted by Gasteiger charge is 2.55. The average molecular weight is 191 g/mol. The van der Waals surface area contributed by atoms with Gasteiger partial charge in [-0.2, -0.15) is 0 Å². The Bertz CT molecular complexity index is 244. The normalized spacial score (nSPS) is 41.8. The van der Waals surface area contributed by atoms with Crippen molar-refractivity contribution in [2.75, 3.05) is 0 Å². The number of piperidine rings is 2. The fourth-order valence-corrected chi connectivity index (χ4v) is 2.34. The number of carboxylic acid groups (broad SMARTS) is 1. The SMILES string of the molecule is O=C(O)[C@H]1N[C@@H]2CC[C@@H]1C(F)(F)C2. The van der Waals surface area contributed by atoms with Crippen LogP contribution in [0.25, 0.3) is 0 Å². The number of hydrogen-bond acceptors (Lipinski definition) is 2. The maximum atomic E-state index is 13.2. The summed E-state index contributed by atoms with van der Waals surface area (Å²) in [4.78, 5) is 10.6. The second-order valence-corrected chi connectivity index (χ2v) is 3.83. The molecule has 2 N–H and O–H groups in total. The van der Waals surface area contributed by atoms with E-state index in [2.05, 4.69) is 5.32 Å². The molecule has 2 aliphatic heterocycles. The van der Waals surface area contributed by atoms with Gasteiger partial charge in [-0.1, -0.05) is 0 Å². The van der Waals surface area contributed by atoms with E-state index in [0.717, 1.165) is 0 Å². The minimum Gasteiger partial charge on any atom is -0.480 e. The fourth-order valence-electron chi connectivity index (χ4n) is 2.34. The molecule has 3 nitrogen and oxygen atoms in total. The van der Waals surface area contributed by atoms with E-state index >= 15 is 0 Å². The lowest BCUT2D eigenvalue weighted by Gasteiger charge is -2.46. The lowest BCUT2D eigenvalue weighted by atomic mass is 9.73. The maximum Gasteiger partial charge on any atom is 0.321 e. The minimum atomic E-state index is -2.79. The van der Waals surface area contributed by atoms with E-state index < -0.39 is 23.9 Å². The van der Waals surface area contributed by atoms with Crippen LogP contribution in [-0.4, -0.2) is 29.1 Å². The summed E-state index contributed by atoms with van der Waals surface area (Å²) < 4.78 is 26.4. The molecule has 74 valence electrons. The van der Waals surface area contributed by atoms with Gasteiger partial charge < -0.3 is 10.4 Å². The van der Waals surface area contributed by atoms with Gasteiger partial charge in [-0.15, -0.1) is 0 Å². The Morgan fingerprint density at radius 1 is 1.46 bits per heavy atom. The summed E-state index contributed by atoms with van der Waals surface area (Å²) in [5, 5.41) is 11.4. The number of halogens is 2. The van der Waals surface area contributed by atoms with Crippen molar-refractivity contribution in [2.24, 2.45) is 5.92 Å². The van der Waals surface area contributed by atoms with Crippen LogP contribution in [0.4, 0.5) is 8.78 Å². The van der Waals surface area contributed by atoms with Crippen molar-refractivity contribution in [1.82, 2.24) is 5.32 Å². The number of nitrogens with one attached hydrogen (secondary N) is 1. The molecule has 1 saturated carbocycles. The molecule has 13 heavy (non-hydrogen) atoms. The Balaban J connectivity index is 2.22. The summed E-state index contributed by atoms with van der Waals surface area (Å²) in [5.41, 5.74) is 0. The van der Waals surface area contributed by atoms with Crippen LogP contribution < -0.4 is 5.32 Å². The summed E-state index contributed by atoms with van der Waals surface area (Å²) in [6.07, 6.45) is 0.785. The monoisotopic (exact) mass is 191 g/mol. The molecular formula is C8H11F2NO2. The Morgan fingerprint density at radius 2 is 2.15 bits per heavy atom. The fraction of sp³-hybridized carbons (Fsp3) is 0.875. The molecular weight excluding hydrogens is 180 g/mol. The van der Waals surface area contributed by atoms with E-state index in [9.17, 15) is 13.6 Å². The van der Waals surface area contributed by atoms with Crippen LogP contribution in [0.1, 0.15) is 19.3 Å². The van der Waals surface area contributed by atoms with Crippen molar-refractivity contribution < 1.29 is 18.7 Å². The van der Waals surface area contributed by atoms with Crippen LogP contribution >= 0.6 is 0 Å². The number of fused-ring (bicyclic) bond motifs is 3. The number of hydrogen-bond donors (Lipinski definition) is 2. The molecule has 0 aromatic heterocycles. The van der Waals surface area contributed by atoms with Gasteiger partial charge in [0.05, 0.1) is 0 Å². The van der Waals surface area contributed by atoms with Crippen molar-refractivity contribution in [3.05, 3.63) is 0 Å². The van der Waals surface area contributed by atoms with Gasteiger partial charge in [-0.05, 0) is 12.8 Å². The molecule has 0 amide bonds. The third-order valence-electron chi connectivity index (χ3n) is 2.97. The first-order valence-corrected chi connectivity index (χ1v) is 4.37. The Morgan fingerprint density at radius 3 is 2.54 bits per heavy atom. The standard InChI is InChI=1S/C8H11F2NO2/c9-8(10)3-4-1-2-5(8)6(11-4)7(12)13/h4-6,11H,1-3H2,(H,12,13)/t4-,5+,6+/m1/s1. The smallest absolute Gasteiger partial charge is 0.321 e. The number of rotatable bonds is 1. The van der Waals surface area contributed by atoms with Crippen molar-refractivity contribution in [3.63, 3.8) is 0 Å². The molecule has 0 spiro atoms. The summed E-state index contributed by atoms with van der Waals surface area (Å²) in [6, 6.07) is -1.37. The molecule has 3 aliphatic rings. The number of aliphatic carboxylic acids is 1. The lowest BCUT2D eigenvalue weighted by Crippen LogP contribution is -2.63. The van der Waals surface area contributed by atoms with Crippen LogP contribution in [0.3, 0.4) is 0 Å². The van der Waals surface area contributed by atoms with Crippen LogP contribution in [0.5, 0.6) is 0 Å². The van der Waals surface area contributed by atoms with Crippen molar-refractivity contribution in [3.8, 4) is 0 Å². The van der Waals surface area contributed by atoms with Crippen LogP contribution in [0.2, 0.25) is 0 Å². The zero-order valence-corrected chi connectivity index (χ0v) is 6.96. The quantitative estimate of drug-likeness (QED) is 0.646. The molecule has 0 radical (unpaired) electrons. The molecule has 3 rings (SSSR count). The molecule has 2 bridgehead atoms. The predicted octanol–water partition coefficient (Wildman–Crippen LogP) is 0.847. The van der Waals surface area contributed by atoms with Crippen molar-refractivity contribution >= 4 is 5.97 Å². The number of carboxylic acids is 1. The van der Waals surface area contributed by atoms with Gasteiger partial charge in [0.15, 0.2) is 0 Å². The van der Waals surface area contributed by atoms with E-state index in [-0.39, 0.29) is 12.5 Å². The lowest BCUT2D eigenvalue weighted by molar-refractivity contribution is -0.165. The second kappa shape index (κ2) is 2.64. The van der Waals surface area contributed by atoms with E-state index in [1.165, 1.54) is 0 Å². The Kier molecular flexibility index (Phi) is 1.80. The third kappa shape index (κ3) is 1.31. The summed E-state index contributed by atoms with van der Waals surface area (Å²) in [7, 11) is 0. The Hall–Kier alpha value is -0.710. The number of carbonyl (C=O) groups is 1. The first kappa shape index (κ1) is 8.87. The van der Waals surface area contributed by atoms with Crippen LogP contribution in [0, 0.1) is 5.92 Å². The van der Waals surface area contributed by atoms with E-state index in [4.69, 9.17) is 5.11 Å². The highest BCUT2D eigenvalue weighted by Crippen LogP contribution is 2.44. The van der Waals surface area contributed by atoms with Gasteiger partial charge in [0.2, 0.25) is 0 Å². The van der Waals surface area contributed by atoms with Gasteiger partial charge in [0, 0.05) is 18.4 Å². The predicted molar refractivity (Wildman–Crippen MR) is 40.6 cm³/mol. The zero-order chi connectivity index (χ0) is 9.64. The second-order valence-electron chi connectivity index (χ2n) is 3.83. The van der Waals surface area contributed by atoms with Gasteiger partial charge in [0.25, 0.3) is 5.92 Å². The molecule has 0 unspecified atom stereocenters. The first-order chi connectivity index (χ1) is 6.00. The van der Waals surface area contributed by atoms with Gasteiger partial charge >= 0.3 is 5.97 Å². The average Bonchev–Trinajstić information content (AvgIpc) is 2.02. The zero-order valence-electron chi connectivity index (χ0n) is 6.96. The van der Waals surface area contributed by atoms with E-state index in [1.807, 2.05) is 0 Å². The Labute approximate surface area is 74.1 Å².